The number of carbonyl (C=O) groups excluding carboxylic acids is 2. The Morgan fingerprint density at radius 3 is 2.58 bits per heavy atom. The van der Waals surface area contributed by atoms with E-state index in [0.29, 0.717) is 24.7 Å². The van der Waals surface area contributed by atoms with Crippen LogP contribution in [0, 0.1) is 5.41 Å². The van der Waals surface area contributed by atoms with Crippen molar-refractivity contribution in [1.82, 2.24) is 9.97 Å². The van der Waals surface area contributed by atoms with Crippen LogP contribution >= 0.6 is 0 Å². The number of hydrogen-bond donors (Lipinski definition) is 1. The molecule has 3 fully saturated rings. The van der Waals surface area contributed by atoms with Gasteiger partial charge in [-0.2, -0.15) is 0 Å². The number of nitrogens with one attached hydrogen (secondary N) is 1. The highest BCUT2D eigenvalue weighted by molar-refractivity contribution is 6.03. The summed E-state index contributed by atoms with van der Waals surface area (Å²) >= 11 is 0. The second kappa shape index (κ2) is 8.05. The van der Waals surface area contributed by atoms with Crippen molar-refractivity contribution in [2.45, 2.75) is 44.6 Å². The Bertz CT molecular complexity index is 1360. The number of aromatic nitrogens is 2. The van der Waals surface area contributed by atoms with Crippen molar-refractivity contribution in [1.29, 1.82) is 0 Å². The van der Waals surface area contributed by atoms with E-state index in [1.807, 2.05) is 58.5 Å². The summed E-state index contributed by atoms with van der Waals surface area (Å²) in [5.74, 6) is 1.63. The molecule has 0 unspecified atom stereocenters. The van der Waals surface area contributed by atoms with E-state index in [0.717, 1.165) is 66.8 Å². The number of anilines is 4. The molecule has 2 amide bonds. The molecule has 0 radical (unpaired) electrons. The molecule has 36 heavy (non-hydrogen) atoms. The maximum absolute atomic E-state index is 13.2. The lowest BCUT2D eigenvalue weighted by Crippen LogP contribution is -2.33. The zero-order valence-electron chi connectivity index (χ0n) is 19.9. The summed E-state index contributed by atoms with van der Waals surface area (Å²) in [5, 5.41) is 3.32. The zero-order valence-corrected chi connectivity index (χ0v) is 19.9. The fraction of sp³-hybridized carbons (Fsp3) is 0.357. The maximum Gasteiger partial charge on any atom is 0.238 e. The molecule has 0 bridgehead atoms. The first-order chi connectivity index (χ1) is 17.6. The molecule has 1 aromatic carbocycles. The van der Waals surface area contributed by atoms with Gasteiger partial charge in [0.2, 0.25) is 17.7 Å². The van der Waals surface area contributed by atoms with Gasteiger partial charge in [-0.25, -0.2) is 9.97 Å². The predicted octanol–water partition coefficient (Wildman–Crippen LogP) is 4.93. The third kappa shape index (κ3) is 3.51. The van der Waals surface area contributed by atoms with Crippen LogP contribution in [-0.4, -0.2) is 41.0 Å². The number of ether oxygens (including phenoxy) is 1. The largest absolute Gasteiger partial charge is 0.476 e. The summed E-state index contributed by atoms with van der Waals surface area (Å²) in [7, 11) is 0. The number of benzene rings is 1. The predicted molar refractivity (Wildman–Crippen MR) is 139 cm³/mol. The molecule has 4 aliphatic rings. The van der Waals surface area contributed by atoms with Crippen LogP contribution in [0.25, 0.3) is 11.1 Å². The van der Waals surface area contributed by atoms with Gasteiger partial charge in [-0.15, -0.1) is 0 Å². The molecular weight excluding hydrogens is 454 g/mol. The molecule has 1 saturated carbocycles. The van der Waals surface area contributed by atoms with Gasteiger partial charge in [0.15, 0.2) is 0 Å². The number of nitrogens with zero attached hydrogens (tertiary/aromatic N) is 4. The standard InChI is InChI=1S/C28H27N5O3.H2/c34-25-2-1-12-32(25)21-6-3-18(4-7-21)19-5-8-24(29-16-19)31-20-14-23-26(30-17-20)36-13-9-22-15-28(10-11-28)27(35)33(22)23;/h3-8,14,16-17,22H,1-2,9-13,15H2,(H,29,31);1H/t22-;/m1./s1. The first-order valence-electron chi connectivity index (χ1n) is 12.7. The van der Waals surface area contributed by atoms with Crippen molar-refractivity contribution in [2.75, 3.05) is 28.3 Å². The second-order valence-corrected chi connectivity index (χ2v) is 10.3. The summed E-state index contributed by atoms with van der Waals surface area (Å²) in [5.41, 5.74) is 4.36. The molecule has 8 nitrogen and oxygen atoms in total. The van der Waals surface area contributed by atoms with Crippen LogP contribution in [0.5, 0.6) is 5.88 Å². The molecule has 2 saturated heterocycles. The SMILES string of the molecule is O=C1CCCN1c1ccc(-c2ccc(Nc3cnc4c(c3)N3C(=O)C5(CC5)C[C@H]3CCO4)nc2)cc1.[HH]. The van der Waals surface area contributed by atoms with Crippen LogP contribution in [-0.2, 0) is 9.59 Å². The van der Waals surface area contributed by atoms with E-state index in [9.17, 15) is 9.59 Å². The van der Waals surface area contributed by atoms with Crippen LogP contribution < -0.4 is 19.9 Å². The van der Waals surface area contributed by atoms with Crippen molar-refractivity contribution in [3.63, 3.8) is 0 Å². The van der Waals surface area contributed by atoms with Gasteiger partial charge in [0.25, 0.3) is 0 Å². The van der Waals surface area contributed by atoms with E-state index in [1.54, 1.807) is 6.20 Å². The van der Waals surface area contributed by atoms with Gasteiger partial charge in [-0.1, -0.05) is 12.1 Å². The van der Waals surface area contributed by atoms with Crippen molar-refractivity contribution in [3.8, 4) is 17.0 Å². The fourth-order valence-electron chi connectivity index (χ4n) is 5.78. The lowest BCUT2D eigenvalue weighted by Gasteiger charge is -2.22. The van der Waals surface area contributed by atoms with E-state index >= 15 is 0 Å². The van der Waals surface area contributed by atoms with E-state index in [-0.39, 0.29) is 24.7 Å². The Morgan fingerprint density at radius 1 is 1.03 bits per heavy atom. The highest BCUT2D eigenvalue weighted by Gasteiger charge is 2.60. The molecule has 3 aliphatic heterocycles. The summed E-state index contributed by atoms with van der Waals surface area (Å²) in [6.45, 7) is 1.37. The van der Waals surface area contributed by atoms with E-state index < -0.39 is 0 Å². The van der Waals surface area contributed by atoms with E-state index in [2.05, 4.69) is 15.3 Å². The number of rotatable bonds is 4. The molecule has 2 aromatic heterocycles. The van der Waals surface area contributed by atoms with Gasteiger partial charge >= 0.3 is 0 Å². The Kier molecular flexibility index (Phi) is 4.77. The third-order valence-electron chi connectivity index (χ3n) is 7.92. The smallest absolute Gasteiger partial charge is 0.238 e. The average Bonchev–Trinajstić information content (AvgIpc) is 3.52. The number of pyridine rings is 2. The number of amides is 2. The normalized spacial score (nSPS) is 21.7. The van der Waals surface area contributed by atoms with Gasteiger partial charge in [-0.3, -0.25) is 9.59 Å². The Labute approximate surface area is 210 Å². The molecule has 1 spiro atoms. The summed E-state index contributed by atoms with van der Waals surface area (Å²) in [6, 6.07) is 14.1. The first-order valence-corrected chi connectivity index (χ1v) is 12.7. The molecule has 1 N–H and O–H groups in total. The molecule has 5 heterocycles. The van der Waals surface area contributed by atoms with Gasteiger partial charge in [0.05, 0.1) is 23.9 Å². The van der Waals surface area contributed by atoms with Crippen LogP contribution in [0.1, 0.15) is 40.0 Å². The molecular formula is C28H29N5O3. The lowest BCUT2D eigenvalue weighted by atomic mass is 10.0. The van der Waals surface area contributed by atoms with Crippen LogP contribution in [0.2, 0.25) is 0 Å². The molecule has 7 rings (SSSR count). The van der Waals surface area contributed by atoms with Gasteiger partial charge in [0, 0.05) is 44.3 Å². The molecule has 184 valence electrons. The monoisotopic (exact) mass is 483 g/mol. The van der Waals surface area contributed by atoms with Crippen molar-refractivity contribution >= 4 is 34.7 Å². The summed E-state index contributed by atoms with van der Waals surface area (Å²) in [4.78, 5) is 38.1. The summed E-state index contributed by atoms with van der Waals surface area (Å²) in [6.07, 6.45) is 8.85. The Balaban J connectivity index is 0.00000252. The van der Waals surface area contributed by atoms with Gasteiger partial charge in [0.1, 0.15) is 11.5 Å². The van der Waals surface area contributed by atoms with E-state index in [1.165, 1.54) is 0 Å². The zero-order chi connectivity index (χ0) is 24.3. The maximum atomic E-state index is 13.2. The number of carbonyl (C=O) groups is 2. The van der Waals surface area contributed by atoms with Gasteiger partial charge in [-0.05, 0) is 61.6 Å². The van der Waals surface area contributed by atoms with Crippen LogP contribution in [0.3, 0.4) is 0 Å². The minimum atomic E-state index is -0.137. The van der Waals surface area contributed by atoms with Crippen molar-refractivity contribution < 1.29 is 15.8 Å². The van der Waals surface area contributed by atoms with Gasteiger partial charge < -0.3 is 19.9 Å². The number of fused-ring (bicyclic) bond motifs is 3. The van der Waals surface area contributed by atoms with Crippen LogP contribution in [0.4, 0.5) is 22.9 Å². The Hall–Kier alpha value is -3.94. The molecule has 8 heteroatoms. The highest BCUT2D eigenvalue weighted by Crippen LogP contribution is 2.58. The minimum absolute atomic E-state index is 0. The van der Waals surface area contributed by atoms with E-state index in [4.69, 9.17) is 4.74 Å². The lowest BCUT2D eigenvalue weighted by molar-refractivity contribution is -0.121. The average molecular weight is 484 g/mol. The first kappa shape index (κ1) is 21.4. The Morgan fingerprint density at radius 2 is 1.86 bits per heavy atom. The third-order valence-corrected chi connectivity index (χ3v) is 7.92. The van der Waals surface area contributed by atoms with Crippen molar-refractivity contribution in [3.05, 3.63) is 54.9 Å². The molecule has 3 aromatic rings. The highest BCUT2D eigenvalue weighted by atomic mass is 16.5. The topological polar surface area (TPSA) is 87.7 Å². The molecule has 1 aliphatic carbocycles. The number of hydrogen-bond acceptors (Lipinski definition) is 6. The summed E-state index contributed by atoms with van der Waals surface area (Å²) < 4.78 is 5.87. The fourth-order valence-corrected chi connectivity index (χ4v) is 5.78. The quantitative estimate of drug-likeness (QED) is 0.566. The molecule has 1 atom stereocenters. The minimum Gasteiger partial charge on any atom is -0.476 e. The van der Waals surface area contributed by atoms with Crippen LogP contribution in [0.15, 0.2) is 54.9 Å². The second-order valence-electron chi connectivity index (χ2n) is 10.3. The van der Waals surface area contributed by atoms with Crippen molar-refractivity contribution in [2.24, 2.45) is 5.41 Å².